The molecule has 3 heteroatoms. The van der Waals surface area contributed by atoms with Gasteiger partial charge >= 0.3 is 0 Å². The summed E-state index contributed by atoms with van der Waals surface area (Å²) in [7, 11) is 0. The summed E-state index contributed by atoms with van der Waals surface area (Å²) in [4.78, 5) is 0. The van der Waals surface area contributed by atoms with E-state index < -0.39 is 17.7 Å². The first-order valence-electron chi connectivity index (χ1n) is 4.81. The van der Waals surface area contributed by atoms with E-state index in [1.54, 1.807) is 0 Å². The molecular formula is C11H12F2O. The molecule has 1 N–H and O–H groups in total. The molecule has 1 aromatic carbocycles. The van der Waals surface area contributed by atoms with Crippen molar-refractivity contribution in [2.24, 2.45) is 0 Å². The number of hydrogen-bond donors (Lipinski definition) is 1. The summed E-state index contributed by atoms with van der Waals surface area (Å²) in [6.07, 6.45) is 1.92. The van der Waals surface area contributed by atoms with Gasteiger partial charge in [0.1, 0.15) is 11.6 Å². The van der Waals surface area contributed by atoms with Crippen LogP contribution < -0.4 is 0 Å². The van der Waals surface area contributed by atoms with Crippen LogP contribution in [0.1, 0.15) is 30.7 Å². The molecule has 2 atom stereocenters. The molecule has 14 heavy (non-hydrogen) atoms. The van der Waals surface area contributed by atoms with Gasteiger partial charge in [0.2, 0.25) is 0 Å². The molecule has 2 rings (SSSR count). The Morgan fingerprint density at radius 1 is 1.21 bits per heavy atom. The van der Waals surface area contributed by atoms with Crippen molar-refractivity contribution in [3.05, 3.63) is 35.4 Å². The summed E-state index contributed by atoms with van der Waals surface area (Å²) < 4.78 is 26.0. The van der Waals surface area contributed by atoms with Crippen molar-refractivity contribution in [1.29, 1.82) is 0 Å². The first-order chi connectivity index (χ1) is 6.68. The summed E-state index contributed by atoms with van der Waals surface area (Å²) in [5.74, 6) is -1.27. The van der Waals surface area contributed by atoms with Gasteiger partial charge in [-0.2, -0.15) is 0 Å². The van der Waals surface area contributed by atoms with Gasteiger partial charge in [-0.05, 0) is 24.5 Å². The lowest BCUT2D eigenvalue weighted by Gasteiger charge is -2.15. The van der Waals surface area contributed by atoms with Crippen LogP contribution in [-0.2, 0) is 0 Å². The molecule has 0 aliphatic heterocycles. The molecule has 1 aliphatic rings. The average molecular weight is 198 g/mol. The fraction of sp³-hybridized carbons (Fsp3) is 0.455. The zero-order valence-electron chi connectivity index (χ0n) is 7.71. The highest BCUT2D eigenvalue weighted by Gasteiger charge is 2.28. The van der Waals surface area contributed by atoms with Gasteiger partial charge in [0, 0.05) is 12.0 Å². The standard InChI is InChI=1S/C11H12F2O/c12-7-4-5-8(10(13)6-7)9-2-1-3-11(9)14/h4-6,9,11,14H,1-3H2. The fourth-order valence-corrected chi connectivity index (χ4v) is 2.11. The van der Waals surface area contributed by atoms with Crippen LogP contribution in [0.2, 0.25) is 0 Å². The van der Waals surface area contributed by atoms with Crippen molar-refractivity contribution in [3.63, 3.8) is 0 Å². The van der Waals surface area contributed by atoms with Crippen LogP contribution >= 0.6 is 0 Å². The van der Waals surface area contributed by atoms with Crippen molar-refractivity contribution >= 4 is 0 Å². The molecule has 0 amide bonds. The minimum absolute atomic E-state index is 0.157. The van der Waals surface area contributed by atoms with Gasteiger partial charge in [-0.1, -0.05) is 12.5 Å². The van der Waals surface area contributed by atoms with E-state index in [9.17, 15) is 13.9 Å². The number of benzene rings is 1. The fourth-order valence-electron chi connectivity index (χ4n) is 2.11. The zero-order valence-corrected chi connectivity index (χ0v) is 7.71. The van der Waals surface area contributed by atoms with Gasteiger partial charge in [-0.3, -0.25) is 0 Å². The van der Waals surface area contributed by atoms with E-state index in [-0.39, 0.29) is 5.92 Å². The highest BCUT2D eigenvalue weighted by Crippen LogP contribution is 2.35. The van der Waals surface area contributed by atoms with Crippen molar-refractivity contribution in [2.45, 2.75) is 31.3 Å². The van der Waals surface area contributed by atoms with Crippen molar-refractivity contribution in [3.8, 4) is 0 Å². The molecule has 0 saturated heterocycles. The number of hydrogen-bond acceptors (Lipinski definition) is 1. The smallest absolute Gasteiger partial charge is 0.129 e. The highest BCUT2D eigenvalue weighted by molar-refractivity contribution is 5.24. The second-order valence-corrected chi connectivity index (χ2v) is 3.77. The third-order valence-corrected chi connectivity index (χ3v) is 2.84. The number of rotatable bonds is 1. The molecule has 1 nitrogen and oxygen atoms in total. The molecule has 1 aromatic rings. The Bertz CT molecular complexity index is 338. The van der Waals surface area contributed by atoms with Crippen LogP contribution in [0.4, 0.5) is 8.78 Å². The maximum atomic E-state index is 13.3. The molecule has 1 saturated carbocycles. The summed E-state index contributed by atoms with van der Waals surface area (Å²) in [5, 5.41) is 9.58. The average Bonchev–Trinajstić information content (AvgIpc) is 2.52. The van der Waals surface area contributed by atoms with Gasteiger partial charge in [-0.15, -0.1) is 0 Å². The molecular weight excluding hydrogens is 186 g/mol. The SMILES string of the molecule is OC1CCCC1c1ccc(F)cc1F. The Hall–Kier alpha value is -0.960. The normalized spacial score (nSPS) is 26.8. The molecule has 76 valence electrons. The van der Waals surface area contributed by atoms with E-state index >= 15 is 0 Å². The summed E-state index contributed by atoms with van der Waals surface area (Å²) in [6, 6.07) is 3.55. The first-order valence-corrected chi connectivity index (χ1v) is 4.81. The van der Waals surface area contributed by atoms with Crippen molar-refractivity contribution in [1.82, 2.24) is 0 Å². The van der Waals surface area contributed by atoms with Crippen LogP contribution in [0, 0.1) is 11.6 Å². The monoisotopic (exact) mass is 198 g/mol. The van der Waals surface area contributed by atoms with E-state index in [0.29, 0.717) is 12.0 Å². The largest absolute Gasteiger partial charge is 0.392 e. The lowest BCUT2D eigenvalue weighted by atomic mass is 9.95. The van der Waals surface area contributed by atoms with Gasteiger partial charge < -0.3 is 5.11 Å². The maximum absolute atomic E-state index is 13.3. The number of halogens is 2. The molecule has 0 heterocycles. The molecule has 0 aromatic heterocycles. The Balaban J connectivity index is 2.31. The predicted molar refractivity (Wildman–Crippen MR) is 49.0 cm³/mol. The Morgan fingerprint density at radius 3 is 2.57 bits per heavy atom. The third kappa shape index (κ3) is 1.64. The van der Waals surface area contributed by atoms with Gasteiger partial charge in [0.25, 0.3) is 0 Å². The zero-order chi connectivity index (χ0) is 10.1. The molecule has 0 spiro atoms. The van der Waals surface area contributed by atoms with Crippen molar-refractivity contribution < 1.29 is 13.9 Å². The Kier molecular flexibility index (Phi) is 2.50. The van der Waals surface area contributed by atoms with Crippen LogP contribution in [0.5, 0.6) is 0 Å². The molecule has 1 aliphatic carbocycles. The molecule has 2 unspecified atom stereocenters. The number of aliphatic hydroxyl groups is 1. The van der Waals surface area contributed by atoms with Crippen LogP contribution in [0.3, 0.4) is 0 Å². The lowest BCUT2D eigenvalue weighted by Crippen LogP contribution is -2.12. The van der Waals surface area contributed by atoms with E-state index in [1.807, 2.05) is 0 Å². The van der Waals surface area contributed by atoms with Gasteiger partial charge in [0.05, 0.1) is 6.10 Å². The van der Waals surface area contributed by atoms with Gasteiger partial charge in [-0.25, -0.2) is 8.78 Å². The van der Waals surface area contributed by atoms with E-state index in [2.05, 4.69) is 0 Å². The Morgan fingerprint density at radius 2 is 2.00 bits per heavy atom. The second kappa shape index (κ2) is 3.65. The molecule has 0 radical (unpaired) electrons. The van der Waals surface area contributed by atoms with Crippen molar-refractivity contribution in [2.75, 3.05) is 0 Å². The van der Waals surface area contributed by atoms with E-state index in [0.717, 1.165) is 18.9 Å². The Labute approximate surface area is 81.4 Å². The maximum Gasteiger partial charge on any atom is 0.129 e. The third-order valence-electron chi connectivity index (χ3n) is 2.84. The minimum Gasteiger partial charge on any atom is -0.392 e. The van der Waals surface area contributed by atoms with E-state index in [4.69, 9.17) is 0 Å². The molecule has 1 fully saturated rings. The second-order valence-electron chi connectivity index (χ2n) is 3.77. The summed E-state index contributed by atoms with van der Waals surface area (Å²) in [5.41, 5.74) is 0.441. The lowest BCUT2D eigenvalue weighted by molar-refractivity contribution is 0.162. The predicted octanol–water partition coefficient (Wildman–Crippen LogP) is 2.59. The van der Waals surface area contributed by atoms with Gasteiger partial charge in [0.15, 0.2) is 0 Å². The topological polar surface area (TPSA) is 20.2 Å². The summed E-state index contributed by atoms with van der Waals surface area (Å²) in [6.45, 7) is 0. The van der Waals surface area contributed by atoms with Crippen LogP contribution in [0.15, 0.2) is 18.2 Å². The van der Waals surface area contributed by atoms with Crippen LogP contribution in [0.25, 0.3) is 0 Å². The quantitative estimate of drug-likeness (QED) is 0.735. The number of aliphatic hydroxyl groups excluding tert-OH is 1. The first kappa shape index (κ1) is 9.59. The van der Waals surface area contributed by atoms with E-state index in [1.165, 1.54) is 12.1 Å². The van der Waals surface area contributed by atoms with Crippen LogP contribution in [-0.4, -0.2) is 11.2 Å². The molecule has 0 bridgehead atoms. The summed E-state index contributed by atoms with van der Waals surface area (Å²) >= 11 is 0. The minimum atomic E-state index is -0.571. The highest BCUT2D eigenvalue weighted by atomic mass is 19.1.